The molecular weight excluding hydrogens is 560 g/mol. The molecule has 0 atom stereocenters. The topological polar surface area (TPSA) is 52.0 Å². The molecule has 0 aromatic rings. The van der Waals surface area contributed by atoms with Gasteiger partial charge < -0.3 is 11.5 Å². The molecule has 58 valence electrons. The maximum Gasteiger partial charge on any atom is 0.00461 e. The van der Waals surface area contributed by atoms with Crippen molar-refractivity contribution >= 4 is 95.9 Å². The highest BCUT2D eigenvalue weighted by molar-refractivity contribution is 14.0. The molecule has 0 unspecified atom stereocenters. The Labute approximate surface area is 118 Å². The van der Waals surface area contributed by atoms with Crippen molar-refractivity contribution in [3.63, 3.8) is 0 Å². The molecule has 0 aromatic carbocycles. The first kappa shape index (κ1) is 30.8. The molecule has 0 fully saturated rings. The van der Waals surface area contributed by atoms with Crippen LogP contribution >= 0.6 is 95.9 Å². The molecule has 4 N–H and O–H groups in total. The van der Waals surface area contributed by atoms with E-state index in [4.69, 9.17) is 11.5 Å². The van der Waals surface area contributed by atoms with Crippen molar-refractivity contribution in [1.29, 1.82) is 0 Å². The fourth-order valence-corrected chi connectivity index (χ4v) is 0. The van der Waals surface area contributed by atoms with E-state index < -0.39 is 0 Å². The van der Waals surface area contributed by atoms with Crippen LogP contribution in [0.5, 0.6) is 0 Å². The molecule has 0 aliphatic rings. The van der Waals surface area contributed by atoms with Gasteiger partial charge in [0.15, 0.2) is 0 Å². The Kier molecular flexibility index (Phi) is 126. The van der Waals surface area contributed by atoms with Gasteiger partial charge in [-0.25, -0.2) is 0 Å². The summed E-state index contributed by atoms with van der Waals surface area (Å²) in [5, 5.41) is 0. The molecule has 0 bridgehead atoms. The Balaban J connectivity index is -0.00000000750. The highest BCUT2D eigenvalue weighted by Crippen LogP contribution is 1.24. The smallest absolute Gasteiger partial charge is 0.00461 e. The minimum Gasteiger partial charge on any atom is -0.329 e. The van der Waals surface area contributed by atoms with E-state index in [1.807, 2.05) is 0 Å². The monoisotopic (exact) mass is 572 g/mol. The van der Waals surface area contributed by atoms with Crippen LogP contribution in [-0.2, 0) is 0 Å². The summed E-state index contributed by atoms with van der Waals surface area (Å²) in [6, 6.07) is 0. The first-order chi connectivity index (χ1) is 1.91. The molecule has 0 saturated carbocycles. The minimum absolute atomic E-state index is 0. The molecule has 0 heterocycles. The zero-order chi connectivity index (χ0) is 3.41. The summed E-state index contributed by atoms with van der Waals surface area (Å²) in [5.41, 5.74) is 9.81. The fourth-order valence-electron chi connectivity index (χ4n) is 0. The summed E-state index contributed by atoms with van der Waals surface area (Å²) in [6.45, 7) is 1.19. The summed E-state index contributed by atoms with van der Waals surface area (Å²) in [5.74, 6) is 0. The molecule has 0 aromatic heterocycles. The highest BCUT2D eigenvalue weighted by atomic mass is 127. The Hall–Kier alpha value is 2.84. The van der Waals surface area contributed by atoms with Gasteiger partial charge in [0.05, 0.1) is 0 Å². The van der Waals surface area contributed by atoms with Crippen molar-refractivity contribution in [2.45, 2.75) is 0 Å². The van der Waals surface area contributed by atoms with Crippen LogP contribution in [0.1, 0.15) is 0 Å². The molecule has 2 nitrogen and oxygen atoms in total. The van der Waals surface area contributed by atoms with E-state index in [0.29, 0.717) is 13.1 Å². The summed E-state index contributed by atoms with van der Waals surface area (Å²) < 4.78 is 0. The van der Waals surface area contributed by atoms with E-state index in [9.17, 15) is 0 Å². The Morgan fingerprint density at radius 1 is 0.625 bits per heavy atom. The Morgan fingerprint density at radius 3 is 0.750 bits per heavy atom. The van der Waals surface area contributed by atoms with Crippen LogP contribution in [0.15, 0.2) is 0 Å². The SMILES string of the molecule is I.I.I.I.NCCN. The van der Waals surface area contributed by atoms with E-state index >= 15 is 0 Å². The van der Waals surface area contributed by atoms with Crippen molar-refractivity contribution in [3.05, 3.63) is 0 Å². The molecule has 0 rings (SSSR count). The molecule has 0 aliphatic carbocycles. The quantitative estimate of drug-likeness (QED) is 0.468. The minimum atomic E-state index is 0. The number of rotatable bonds is 1. The van der Waals surface area contributed by atoms with Gasteiger partial charge in [-0.15, -0.1) is 95.9 Å². The lowest BCUT2D eigenvalue weighted by molar-refractivity contribution is 0.976. The highest BCUT2D eigenvalue weighted by Gasteiger charge is 1.54. The van der Waals surface area contributed by atoms with Crippen molar-refractivity contribution in [2.24, 2.45) is 11.5 Å². The zero-order valence-corrected chi connectivity index (χ0v) is 13.5. The maximum atomic E-state index is 4.90. The van der Waals surface area contributed by atoms with Gasteiger partial charge in [-0.05, 0) is 0 Å². The van der Waals surface area contributed by atoms with Crippen LogP contribution < -0.4 is 11.5 Å². The zero-order valence-electron chi connectivity index (χ0n) is 4.20. The summed E-state index contributed by atoms with van der Waals surface area (Å²) in [7, 11) is 0. The lowest BCUT2D eigenvalue weighted by atomic mass is 10.7. The Morgan fingerprint density at radius 2 is 0.750 bits per heavy atom. The van der Waals surface area contributed by atoms with Gasteiger partial charge in [0.1, 0.15) is 0 Å². The number of nitrogens with two attached hydrogens (primary N) is 2. The van der Waals surface area contributed by atoms with E-state index in [0.717, 1.165) is 0 Å². The van der Waals surface area contributed by atoms with Crippen LogP contribution in [0, 0.1) is 0 Å². The second kappa shape index (κ2) is 32.8. The number of halogens is 4. The third-order valence-electron chi connectivity index (χ3n) is 0.167. The lowest BCUT2D eigenvalue weighted by Crippen LogP contribution is -2.11. The summed E-state index contributed by atoms with van der Waals surface area (Å²) in [4.78, 5) is 0. The van der Waals surface area contributed by atoms with Gasteiger partial charge in [-0.1, -0.05) is 0 Å². The summed E-state index contributed by atoms with van der Waals surface area (Å²) >= 11 is 0. The predicted octanol–water partition coefficient (Wildman–Crippen LogP) is 1.38. The molecule has 0 saturated heterocycles. The second-order valence-electron chi connectivity index (χ2n) is 0.577. The predicted molar refractivity (Wildman–Crippen MR) is 79.8 cm³/mol. The first-order valence-electron chi connectivity index (χ1n) is 1.32. The van der Waals surface area contributed by atoms with Gasteiger partial charge in [0, 0.05) is 13.1 Å². The molecule has 6 heteroatoms. The van der Waals surface area contributed by atoms with Crippen molar-refractivity contribution < 1.29 is 0 Å². The third-order valence-corrected chi connectivity index (χ3v) is 0.167. The number of hydrogen-bond acceptors (Lipinski definition) is 2. The molecular formula is C2H12I4N2. The van der Waals surface area contributed by atoms with Crippen molar-refractivity contribution in [1.82, 2.24) is 0 Å². The molecule has 8 heavy (non-hydrogen) atoms. The molecule has 0 spiro atoms. The van der Waals surface area contributed by atoms with E-state index in [2.05, 4.69) is 0 Å². The fraction of sp³-hybridized carbons (Fsp3) is 1.00. The van der Waals surface area contributed by atoms with Gasteiger partial charge in [0.2, 0.25) is 0 Å². The van der Waals surface area contributed by atoms with Gasteiger partial charge in [0.25, 0.3) is 0 Å². The van der Waals surface area contributed by atoms with Crippen LogP contribution in [-0.4, -0.2) is 13.1 Å². The van der Waals surface area contributed by atoms with E-state index in [1.165, 1.54) is 0 Å². The lowest BCUT2D eigenvalue weighted by Gasteiger charge is -1.72. The normalized spacial score (nSPS) is 3.75. The van der Waals surface area contributed by atoms with Crippen molar-refractivity contribution in [3.8, 4) is 0 Å². The van der Waals surface area contributed by atoms with Crippen molar-refractivity contribution in [2.75, 3.05) is 13.1 Å². The standard InChI is InChI=1S/C2H8N2.4HI/c3-1-2-4;;;;/h1-4H2;4*1H. The van der Waals surface area contributed by atoms with Gasteiger partial charge in [-0.2, -0.15) is 0 Å². The Bertz CT molecular complexity index is 14.0. The van der Waals surface area contributed by atoms with Crippen LogP contribution in [0.4, 0.5) is 0 Å². The van der Waals surface area contributed by atoms with Crippen LogP contribution in [0.2, 0.25) is 0 Å². The first-order valence-corrected chi connectivity index (χ1v) is 1.32. The van der Waals surface area contributed by atoms with Gasteiger partial charge in [-0.3, -0.25) is 0 Å². The van der Waals surface area contributed by atoms with Gasteiger partial charge >= 0.3 is 0 Å². The molecule has 0 radical (unpaired) electrons. The molecule has 0 amide bonds. The van der Waals surface area contributed by atoms with Crippen LogP contribution in [0.3, 0.4) is 0 Å². The van der Waals surface area contributed by atoms with E-state index in [1.54, 1.807) is 0 Å². The summed E-state index contributed by atoms with van der Waals surface area (Å²) in [6.07, 6.45) is 0. The second-order valence-corrected chi connectivity index (χ2v) is 0.577. The third kappa shape index (κ3) is 36.8. The molecule has 0 aliphatic heterocycles. The largest absolute Gasteiger partial charge is 0.329 e. The average molecular weight is 572 g/mol. The maximum absolute atomic E-state index is 4.90. The van der Waals surface area contributed by atoms with Crippen LogP contribution in [0.25, 0.3) is 0 Å². The number of hydrogen-bond donors (Lipinski definition) is 2. The van der Waals surface area contributed by atoms with E-state index in [-0.39, 0.29) is 95.9 Å². The average Bonchev–Trinajstić information content (AvgIpc) is 1.37.